The lowest BCUT2D eigenvalue weighted by atomic mass is 10.0. The Morgan fingerprint density at radius 2 is 1.34 bits per heavy atom. The van der Waals surface area contributed by atoms with E-state index in [1.165, 1.54) is 43.1 Å². The van der Waals surface area contributed by atoms with E-state index in [4.69, 9.17) is 0 Å². The first-order valence-electron chi connectivity index (χ1n) is 14.7. The van der Waals surface area contributed by atoms with E-state index < -0.39 is 0 Å². The lowest BCUT2D eigenvalue weighted by molar-refractivity contribution is -0.128. The Labute approximate surface area is 233 Å². The smallest absolute Gasteiger partial charge is 0.222 e. The van der Waals surface area contributed by atoms with Crippen molar-refractivity contribution >= 4 is 5.91 Å². The summed E-state index contributed by atoms with van der Waals surface area (Å²) in [7, 11) is 0. The van der Waals surface area contributed by atoms with Gasteiger partial charge in [0.1, 0.15) is 5.82 Å². The van der Waals surface area contributed by atoms with E-state index in [-0.39, 0.29) is 11.7 Å². The minimum atomic E-state index is -0.0995. The molecule has 0 N–H and O–H groups in total. The Hall–Kier alpha value is -2.20. The molecule has 0 aliphatic carbocycles. The molecule has 214 valence electrons. The van der Waals surface area contributed by atoms with Gasteiger partial charge in [-0.25, -0.2) is 4.39 Å². The zero-order chi connectivity index (χ0) is 28.7. The molecule has 2 heterocycles. The second kappa shape index (κ2) is 18.2. The fraction of sp³-hybridized carbons (Fsp3) is 0.618. The number of nitrogens with zero attached hydrogens (tertiary/aromatic N) is 2. The molecule has 2 fully saturated rings. The predicted octanol–water partition coefficient (Wildman–Crippen LogP) is 8.82. The van der Waals surface area contributed by atoms with Gasteiger partial charge in [-0.15, -0.1) is 0 Å². The van der Waals surface area contributed by atoms with Crippen LogP contribution in [0.25, 0.3) is 0 Å². The third-order valence-corrected chi connectivity index (χ3v) is 6.90. The molecule has 0 unspecified atom stereocenters. The lowest BCUT2D eigenvalue weighted by Crippen LogP contribution is -2.28. The number of carbonyl (C=O) groups is 1. The molecule has 38 heavy (non-hydrogen) atoms. The summed E-state index contributed by atoms with van der Waals surface area (Å²) in [5.74, 6) is 1.79. The second-order valence-electron chi connectivity index (χ2n) is 11.9. The summed E-state index contributed by atoms with van der Waals surface area (Å²) in [5, 5.41) is 0. The number of carbonyl (C=O) groups excluding carboxylic acids is 1. The molecule has 4 rings (SSSR count). The number of hydrogen-bond donors (Lipinski definition) is 0. The molecule has 0 saturated carbocycles. The van der Waals surface area contributed by atoms with Gasteiger partial charge in [-0.05, 0) is 88.1 Å². The molecule has 0 spiro atoms. The number of aryl methyl sites for hydroxylation is 1. The number of halogens is 1. The summed E-state index contributed by atoms with van der Waals surface area (Å²) in [6.45, 7) is 23.9. The van der Waals surface area contributed by atoms with Crippen LogP contribution in [-0.4, -0.2) is 47.9 Å². The van der Waals surface area contributed by atoms with Gasteiger partial charge in [0.15, 0.2) is 0 Å². The first-order chi connectivity index (χ1) is 17.9. The number of hydrogen-bond acceptors (Lipinski definition) is 2. The average molecular weight is 527 g/mol. The van der Waals surface area contributed by atoms with Crippen molar-refractivity contribution in [3.8, 4) is 0 Å². The highest BCUT2D eigenvalue weighted by Gasteiger charge is 2.20. The minimum absolute atomic E-state index is 0.0995. The molecular formula is C34H55FN2O. The SMILES string of the molecule is CC(C)CN1CCCC1=O.CC(C)N1CCCC1.CC(C)c1ccccc1F.Cc1ccc(C(C)C)cc1. The minimum Gasteiger partial charge on any atom is -0.342 e. The van der Waals surface area contributed by atoms with Crippen molar-refractivity contribution < 1.29 is 9.18 Å². The second-order valence-corrected chi connectivity index (χ2v) is 11.9. The van der Waals surface area contributed by atoms with Crippen molar-refractivity contribution in [1.82, 2.24) is 9.80 Å². The van der Waals surface area contributed by atoms with Crippen LogP contribution in [-0.2, 0) is 4.79 Å². The quantitative estimate of drug-likeness (QED) is 0.388. The molecule has 0 aromatic heterocycles. The molecular weight excluding hydrogens is 471 g/mol. The Balaban J connectivity index is 0.000000254. The number of benzene rings is 2. The summed E-state index contributed by atoms with van der Waals surface area (Å²) in [5.41, 5.74) is 3.55. The Bertz CT molecular complexity index is 899. The van der Waals surface area contributed by atoms with Crippen LogP contribution in [0.1, 0.15) is 110 Å². The number of likely N-dealkylation sites (tertiary alicyclic amines) is 2. The summed E-state index contributed by atoms with van der Waals surface area (Å²) in [6.07, 6.45) is 4.66. The van der Waals surface area contributed by atoms with Gasteiger partial charge in [0, 0.05) is 25.6 Å². The van der Waals surface area contributed by atoms with Gasteiger partial charge >= 0.3 is 0 Å². The summed E-state index contributed by atoms with van der Waals surface area (Å²) < 4.78 is 12.8. The third-order valence-electron chi connectivity index (χ3n) is 6.90. The van der Waals surface area contributed by atoms with Crippen LogP contribution in [0, 0.1) is 18.7 Å². The lowest BCUT2D eigenvalue weighted by Gasteiger charge is -2.18. The molecule has 2 aromatic carbocycles. The summed E-state index contributed by atoms with van der Waals surface area (Å²) in [6, 6.07) is 16.4. The Morgan fingerprint density at radius 1 is 0.763 bits per heavy atom. The molecule has 2 aliphatic rings. The standard InChI is InChI=1S/C10H14.C9H11F.C8H15NO.C7H15N/c1-8(2)10-6-4-9(3)5-7-10;1-7(2)8-5-3-4-6-9(8)10;1-7(2)6-9-5-3-4-8(9)10;1-7(2)8-5-3-4-6-8/h4-8H,1-3H3;3-7H,1-2H3;7H,3-6H2,1-2H3;7H,3-6H2,1-2H3. The van der Waals surface area contributed by atoms with Gasteiger partial charge in [0.05, 0.1) is 0 Å². The highest BCUT2D eigenvalue weighted by molar-refractivity contribution is 5.78. The topological polar surface area (TPSA) is 23.6 Å². The van der Waals surface area contributed by atoms with E-state index in [1.54, 1.807) is 6.07 Å². The molecule has 0 atom stereocenters. The monoisotopic (exact) mass is 526 g/mol. The normalized spacial score (nSPS) is 15.3. The van der Waals surface area contributed by atoms with E-state index in [0.717, 1.165) is 37.5 Å². The van der Waals surface area contributed by atoms with Crippen LogP contribution >= 0.6 is 0 Å². The molecule has 0 bridgehead atoms. The first kappa shape index (κ1) is 33.8. The number of amides is 1. The highest BCUT2D eigenvalue weighted by atomic mass is 19.1. The summed E-state index contributed by atoms with van der Waals surface area (Å²) >= 11 is 0. The predicted molar refractivity (Wildman–Crippen MR) is 162 cm³/mol. The Morgan fingerprint density at radius 3 is 1.71 bits per heavy atom. The van der Waals surface area contributed by atoms with E-state index in [0.29, 0.717) is 17.7 Å². The molecule has 1 amide bonds. The zero-order valence-electron chi connectivity index (χ0n) is 25.8. The van der Waals surface area contributed by atoms with Gasteiger partial charge in [0.2, 0.25) is 5.91 Å². The molecule has 3 nitrogen and oxygen atoms in total. The highest BCUT2D eigenvalue weighted by Crippen LogP contribution is 2.17. The summed E-state index contributed by atoms with van der Waals surface area (Å²) in [4.78, 5) is 15.5. The van der Waals surface area contributed by atoms with Crippen molar-refractivity contribution in [1.29, 1.82) is 0 Å². The van der Waals surface area contributed by atoms with Crippen molar-refractivity contribution in [2.45, 2.75) is 106 Å². The van der Waals surface area contributed by atoms with Crippen LogP contribution in [0.3, 0.4) is 0 Å². The largest absolute Gasteiger partial charge is 0.342 e. The fourth-order valence-electron chi connectivity index (χ4n) is 4.49. The average Bonchev–Trinajstić information content (AvgIpc) is 3.53. The van der Waals surface area contributed by atoms with Crippen molar-refractivity contribution in [2.75, 3.05) is 26.2 Å². The van der Waals surface area contributed by atoms with Gasteiger partial charge < -0.3 is 9.80 Å². The van der Waals surface area contributed by atoms with Crippen LogP contribution in [0.4, 0.5) is 4.39 Å². The van der Waals surface area contributed by atoms with E-state index in [9.17, 15) is 9.18 Å². The van der Waals surface area contributed by atoms with Gasteiger partial charge in [-0.3, -0.25) is 4.79 Å². The van der Waals surface area contributed by atoms with Gasteiger partial charge in [-0.1, -0.05) is 89.6 Å². The van der Waals surface area contributed by atoms with Crippen LogP contribution in [0.2, 0.25) is 0 Å². The van der Waals surface area contributed by atoms with Crippen molar-refractivity contribution in [3.63, 3.8) is 0 Å². The van der Waals surface area contributed by atoms with Gasteiger partial charge in [0.25, 0.3) is 0 Å². The van der Waals surface area contributed by atoms with Crippen molar-refractivity contribution in [2.24, 2.45) is 5.92 Å². The van der Waals surface area contributed by atoms with Crippen molar-refractivity contribution in [3.05, 3.63) is 71.0 Å². The third kappa shape index (κ3) is 13.6. The maximum absolute atomic E-state index is 12.8. The molecule has 2 saturated heterocycles. The van der Waals surface area contributed by atoms with E-state index >= 15 is 0 Å². The van der Waals surface area contributed by atoms with Crippen LogP contribution in [0.15, 0.2) is 48.5 Å². The van der Waals surface area contributed by atoms with E-state index in [2.05, 4.69) is 77.6 Å². The molecule has 2 aromatic rings. The number of rotatable bonds is 5. The Kier molecular flexibility index (Phi) is 16.2. The fourth-order valence-corrected chi connectivity index (χ4v) is 4.49. The van der Waals surface area contributed by atoms with Crippen LogP contribution in [0.5, 0.6) is 0 Å². The first-order valence-corrected chi connectivity index (χ1v) is 14.7. The zero-order valence-corrected chi connectivity index (χ0v) is 25.8. The maximum Gasteiger partial charge on any atom is 0.222 e. The van der Waals surface area contributed by atoms with Gasteiger partial charge in [-0.2, -0.15) is 0 Å². The molecule has 2 aliphatic heterocycles. The van der Waals surface area contributed by atoms with E-state index in [1.807, 2.05) is 30.9 Å². The maximum atomic E-state index is 12.8. The van der Waals surface area contributed by atoms with Crippen LogP contribution < -0.4 is 0 Å². The molecule has 4 heteroatoms. The molecule has 0 radical (unpaired) electrons.